The maximum absolute atomic E-state index is 11.9. The Balaban J connectivity index is 3.32. The van der Waals surface area contributed by atoms with Crippen LogP contribution in [0.5, 0.6) is 0 Å². The number of aliphatic hydroxyl groups is 1. The third kappa shape index (κ3) is 4.07. The van der Waals surface area contributed by atoms with Crippen LogP contribution in [0.3, 0.4) is 0 Å². The molecule has 0 aromatic heterocycles. The number of hydrogen-bond acceptors (Lipinski definition) is 4. The molecule has 5 nitrogen and oxygen atoms in total. The van der Waals surface area contributed by atoms with E-state index in [-0.39, 0.29) is 0 Å². The van der Waals surface area contributed by atoms with E-state index in [9.17, 15) is 14.7 Å². The monoisotopic (exact) mass is 306 g/mol. The van der Waals surface area contributed by atoms with Crippen LogP contribution in [0.2, 0.25) is 0 Å². The molecule has 1 atom stereocenters. The summed E-state index contributed by atoms with van der Waals surface area (Å²) >= 11 is 0. The molecule has 0 aliphatic heterocycles. The summed E-state index contributed by atoms with van der Waals surface area (Å²) in [7, 11) is 1.88. The lowest BCUT2D eigenvalue weighted by molar-refractivity contribution is -0.129. The number of amides is 1. The van der Waals surface area contributed by atoms with Gasteiger partial charge in [0.25, 0.3) is 5.91 Å². The summed E-state index contributed by atoms with van der Waals surface area (Å²) in [6, 6.07) is 3.91. The van der Waals surface area contributed by atoms with Crippen molar-refractivity contribution in [3.63, 3.8) is 0 Å². The van der Waals surface area contributed by atoms with Crippen molar-refractivity contribution in [3.8, 4) is 0 Å². The standard InChI is InChI=1S/C17H26N2O3/c1-6-14(21)10-18(5)15-8-12(3)13(4)9-16(15)19(7-2)17(22)11-20/h8-9,11,14,21H,6-7,10H2,1-5H3. The summed E-state index contributed by atoms with van der Waals surface area (Å²) in [6.07, 6.45) is 0.565. The molecule has 1 amide bonds. The van der Waals surface area contributed by atoms with Gasteiger partial charge in [0.05, 0.1) is 17.5 Å². The van der Waals surface area contributed by atoms with Crippen LogP contribution in [0.25, 0.3) is 0 Å². The van der Waals surface area contributed by atoms with E-state index >= 15 is 0 Å². The van der Waals surface area contributed by atoms with Crippen LogP contribution in [0.4, 0.5) is 11.4 Å². The molecule has 1 N–H and O–H groups in total. The number of carbonyl (C=O) groups is 2. The Morgan fingerprint density at radius 3 is 2.23 bits per heavy atom. The summed E-state index contributed by atoms with van der Waals surface area (Å²) < 4.78 is 0. The van der Waals surface area contributed by atoms with Crippen molar-refractivity contribution in [2.75, 3.05) is 29.9 Å². The van der Waals surface area contributed by atoms with Gasteiger partial charge in [0.2, 0.25) is 6.29 Å². The molecule has 0 saturated carbocycles. The summed E-state index contributed by atoms with van der Waals surface area (Å²) in [6.45, 7) is 8.62. The van der Waals surface area contributed by atoms with Gasteiger partial charge in [-0.3, -0.25) is 9.59 Å². The van der Waals surface area contributed by atoms with Gasteiger partial charge >= 0.3 is 0 Å². The van der Waals surface area contributed by atoms with Crippen molar-refractivity contribution in [1.82, 2.24) is 0 Å². The summed E-state index contributed by atoms with van der Waals surface area (Å²) in [5, 5.41) is 9.88. The summed E-state index contributed by atoms with van der Waals surface area (Å²) in [5.74, 6) is -0.559. The van der Waals surface area contributed by atoms with Crippen molar-refractivity contribution in [1.29, 1.82) is 0 Å². The van der Waals surface area contributed by atoms with Crippen LogP contribution in [0.1, 0.15) is 31.4 Å². The minimum atomic E-state index is -0.559. The minimum absolute atomic E-state index is 0.337. The van der Waals surface area contributed by atoms with E-state index in [1.165, 1.54) is 4.90 Å². The lowest BCUT2D eigenvalue weighted by Gasteiger charge is -2.29. The van der Waals surface area contributed by atoms with Crippen molar-refractivity contribution in [3.05, 3.63) is 23.3 Å². The number of nitrogens with zero attached hydrogens (tertiary/aromatic N) is 2. The highest BCUT2D eigenvalue weighted by molar-refractivity contribution is 6.30. The maximum atomic E-state index is 11.9. The second kappa shape index (κ2) is 7.94. The van der Waals surface area contributed by atoms with E-state index in [1.54, 1.807) is 0 Å². The van der Waals surface area contributed by atoms with Crippen LogP contribution in [0, 0.1) is 13.8 Å². The fourth-order valence-electron chi connectivity index (χ4n) is 2.36. The highest BCUT2D eigenvalue weighted by Crippen LogP contribution is 2.32. The van der Waals surface area contributed by atoms with E-state index in [0.717, 1.165) is 16.8 Å². The minimum Gasteiger partial charge on any atom is -0.391 e. The third-order valence-electron chi connectivity index (χ3n) is 3.93. The van der Waals surface area contributed by atoms with Crippen molar-refractivity contribution >= 4 is 23.6 Å². The summed E-state index contributed by atoms with van der Waals surface area (Å²) in [5.41, 5.74) is 3.70. The van der Waals surface area contributed by atoms with Crippen LogP contribution in [-0.2, 0) is 9.59 Å². The predicted octanol–water partition coefficient (Wildman–Crippen LogP) is 2.06. The van der Waals surface area contributed by atoms with Crippen LogP contribution < -0.4 is 9.80 Å². The molecule has 122 valence electrons. The van der Waals surface area contributed by atoms with E-state index in [1.807, 2.05) is 51.8 Å². The fourth-order valence-corrected chi connectivity index (χ4v) is 2.36. The summed E-state index contributed by atoms with van der Waals surface area (Å²) in [4.78, 5) is 26.2. The molecule has 0 radical (unpaired) electrons. The lowest BCUT2D eigenvalue weighted by Crippen LogP contribution is -2.35. The number of benzene rings is 1. The second-order valence-electron chi connectivity index (χ2n) is 5.57. The average molecular weight is 306 g/mol. The largest absolute Gasteiger partial charge is 0.391 e. The molecular formula is C17H26N2O3. The first kappa shape index (κ1) is 18.2. The first-order valence-corrected chi connectivity index (χ1v) is 7.62. The number of anilines is 2. The Hall–Kier alpha value is -1.88. The molecule has 5 heteroatoms. The number of aldehydes is 1. The molecule has 1 aromatic carbocycles. The Morgan fingerprint density at radius 1 is 1.23 bits per heavy atom. The highest BCUT2D eigenvalue weighted by atomic mass is 16.3. The molecular weight excluding hydrogens is 280 g/mol. The van der Waals surface area contributed by atoms with Gasteiger partial charge in [-0.05, 0) is 50.5 Å². The number of aryl methyl sites for hydroxylation is 2. The Morgan fingerprint density at radius 2 is 1.77 bits per heavy atom. The smallest absolute Gasteiger partial charge is 0.291 e. The molecule has 1 rings (SSSR count). The van der Waals surface area contributed by atoms with Crippen LogP contribution in [-0.4, -0.2) is 43.5 Å². The van der Waals surface area contributed by atoms with Gasteiger partial charge in [0, 0.05) is 20.1 Å². The van der Waals surface area contributed by atoms with Gasteiger partial charge in [-0.15, -0.1) is 0 Å². The van der Waals surface area contributed by atoms with Crippen molar-refractivity contribution in [2.24, 2.45) is 0 Å². The molecule has 0 fully saturated rings. The number of carbonyl (C=O) groups excluding carboxylic acids is 2. The fraction of sp³-hybridized carbons (Fsp3) is 0.529. The molecule has 22 heavy (non-hydrogen) atoms. The van der Waals surface area contributed by atoms with Gasteiger partial charge in [0.1, 0.15) is 0 Å². The van der Waals surface area contributed by atoms with E-state index in [4.69, 9.17) is 0 Å². The second-order valence-corrected chi connectivity index (χ2v) is 5.57. The maximum Gasteiger partial charge on any atom is 0.291 e. The predicted molar refractivity (Wildman–Crippen MR) is 89.6 cm³/mol. The quantitative estimate of drug-likeness (QED) is 0.619. The van der Waals surface area contributed by atoms with Gasteiger partial charge in [-0.25, -0.2) is 0 Å². The molecule has 0 spiro atoms. The Kier molecular flexibility index (Phi) is 6.56. The van der Waals surface area contributed by atoms with Crippen molar-refractivity contribution in [2.45, 2.75) is 40.2 Å². The number of hydrogen-bond donors (Lipinski definition) is 1. The first-order valence-electron chi connectivity index (χ1n) is 7.62. The highest BCUT2D eigenvalue weighted by Gasteiger charge is 2.20. The first-order chi connectivity index (χ1) is 10.3. The topological polar surface area (TPSA) is 60.9 Å². The van der Waals surface area contributed by atoms with Crippen molar-refractivity contribution < 1.29 is 14.7 Å². The molecule has 1 unspecified atom stereocenters. The number of likely N-dealkylation sites (N-methyl/N-ethyl adjacent to an activating group) is 2. The Bertz CT molecular complexity index is 543. The van der Waals surface area contributed by atoms with Gasteiger partial charge < -0.3 is 14.9 Å². The lowest BCUT2D eigenvalue weighted by atomic mass is 10.1. The Labute approximate surface area is 132 Å². The van der Waals surface area contributed by atoms with E-state index in [2.05, 4.69) is 0 Å². The zero-order valence-corrected chi connectivity index (χ0v) is 14.1. The van der Waals surface area contributed by atoms with Gasteiger partial charge in [-0.2, -0.15) is 0 Å². The zero-order chi connectivity index (χ0) is 16.9. The molecule has 0 bridgehead atoms. The number of rotatable bonds is 7. The molecule has 1 aromatic rings. The zero-order valence-electron chi connectivity index (χ0n) is 14.1. The average Bonchev–Trinajstić information content (AvgIpc) is 2.50. The van der Waals surface area contributed by atoms with Crippen LogP contribution in [0.15, 0.2) is 12.1 Å². The molecule has 0 aliphatic rings. The number of aliphatic hydroxyl groups excluding tert-OH is 1. The molecule has 0 aliphatic carbocycles. The van der Waals surface area contributed by atoms with E-state index < -0.39 is 12.0 Å². The van der Waals surface area contributed by atoms with E-state index in [0.29, 0.717) is 31.5 Å². The SMILES string of the molecule is CCC(O)CN(C)c1cc(C)c(C)cc1N(CC)C(=O)C=O. The van der Waals surface area contributed by atoms with Gasteiger partial charge in [0.15, 0.2) is 0 Å². The third-order valence-corrected chi connectivity index (χ3v) is 3.93. The molecule has 0 heterocycles. The molecule has 0 saturated heterocycles. The van der Waals surface area contributed by atoms with Crippen LogP contribution >= 0.6 is 0 Å². The normalized spacial score (nSPS) is 11.9. The van der Waals surface area contributed by atoms with Gasteiger partial charge in [-0.1, -0.05) is 6.92 Å².